The highest BCUT2D eigenvalue weighted by Gasteiger charge is 2.08. The van der Waals surface area contributed by atoms with Crippen LogP contribution in [0.4, 0.5) is 0 Å². The Morgan fingerprint density at radius 3 is 2.88 bits per heavy atom. The second-order valence-corrected chi connectivity index (χ2v) is 4.77. The molecule has 1 heterocycles. The van der Waals surface area contributed by atoms with E-state index in [0.717, 1.165) is 5.56 Å². The van der Waals surface area contributed by atoms with Crippen LogP contribution in [-0.2, 0) is 11.3 Å². The number of rotatable bonds is 5. The van der Waals surface area contributed by atoms with Gasteiger partial charge in [-0.15, -0.1) is 0 Å². The van der Waals surface area contributed by atoms with E-state index in [9.17, 15) is 4.79 Å². The lowest BCUT2D eigenvalue weighted by molar-refractivity contribution is -0.122. The van der Waals surface area contributed by atoms with E-state index in [1.807, 2.05) is 31.9 Å². The summed E-state index contributed by atoms with van der Waals surface area (Å²) in [6, 6.07) is 3.87. The van der Waals surface area contributed by atoms with E-state index >= 15 is 0 Å². The number of pyridine rings is 1. The van der Waals surface area contributed by atoms with Crippen molar-refractivity contribution in [3.63, 3.8) is 0 Å². The van der Waals surface area contributed by atoms with Gasteiger partial charge in [0.15, 0.2) is 0 Å². The van der Waals surface area contributed by atoms with Crippen LogP contribution in [0.25, 0.3) is 0 Å². The van der Waals surface area contributed by atoms with Gasteiger partial charge in [-0.2, -0.15) is 0 Å². The maximum atomic E-state index is 11.5. The van der Waals surface area contributed by atoms with Gasteiger partial charge in [0.25, 0.3) is 0 Å². The predicted molar refractivity (Wildman–Crippen MR) is 68.9 cm³/mol. The highest BCUT2D eigenvalue weighted by Crippen LogP contribution is 2.08. The van der Waals surface area contributed by atoms with Crippen molar-refractivity contribution < 1.29 is 4.79 Å². The first-order valence-corrected chi connectivity index (χ1v) is 5.93. The molecule has 1 rings (SSSR count). The van der Waals surface area contributed by atoms with Gasteiger partial charge in [0.05, 0.1) is 6.54 Å². The Labute approximate surface area is 107 Å². The minimum Gasteiger partial charge on any atom is -0.353 e. The molecule has 17 heavy (non-hydrogen) atoms. The van der Waals surface area contributed by atoms with Crippen LogP contribution in [-0.4, -0.2) is 35.4 Å². The fourth-order valence-corrected chi connectivity index (χ4v) is 1.72. The highest BCUT2D eigenvalue weighted by atomic mass is 35.5. The molecule has 1 aromatic rings. The lowest BCUT2D eigenvalue weighted by atomic mass is 10.2. The number of halogens is 1. The molecule has 0 aromatic carbocycles. The first-order valence-electron chi connectivity index (χ1n) is 5.55. The Hall–Kier alpha value is -1.13. The van der Waals surface area contributed by atoms with E-state index in [1.165, 1.54) is 0 Å². The molecule has 5 heteroatoms. The van der Waals surface area contributed by atoms with E-state index in [-0.39, 0.29) is 11.9 Å². The number of carbonyl (C=O) groups is 1. The number of hydrogen-bond acceptors (Lipinski definition) is 3. The molecule has 0 aliphatic heterocycles. The fourth-order valence-electron chi connectivity index (χ4n) is 1.52. The van der Waals surface area contributed by atoms with Gasteiger partial charge in [-0.1, -0.05) is 11.6 Å². The molecule has 94 valence electrons. The van der Waals surface area contributed by atoms with E-state index in [2.05, 4.69) is 10.3 Å². The maximum absolute atomic E-state index is 11.5. The van der Waals surface area contributed by atoms with Gasteiger partial charge >= 0.3 is 0 Å². The van der Waals surface area contributed by atoms with E-state index in [4.69, 9.17) is 11.6 Å². The first kappa shape index (κ1) is 13.9. The molecule has 0 aliphatic carbocycles. The van der Waals surface area contributed by atoms with Crippen molar-refractivity contribution in [1.29, 1.82) is 0 Å². The van der Waals surface area contributed by atoms with Crippen molar-refractivity contribution in [2.45, 2.75) is 26.4 Å². The summed E-state index contributed by atoms with van der Waals surface area (Å²) >= 11 is 5.79. The van der Waals surface area contributed by atoms with Gasteiger partial charge in [-0.3, -0.25) is 9.69 Å². The summed E-state index contributed by atoms with van der Waals surface area (Å²) in [7, 11) is 1.90. The van der Waals surface area contributed by atoms with Crippen molar-refractivity contribution in [3.8, 4) is 0 Å². The molecule has 0 radical (unpaired) electrons. The van der Waals surface area contributed by atoms with Gasteiger partial charge in [-0.05, 0) is 38.6 Å². The van der Waals surface area contributed by atoms with Crippen LogP contribution in [0.2, 0.25) is 5.15 Å². The summed E-state index contributed by atoms with van der Waals surface area (Å²) in [5.41, 5.74) is 1.05. The summed E-state index contributed by atoms with van der Waals surface area (Å²) in [5.74, 6) is 0.0302. The monoisotopic (exact) mass is 255 g/mol. The number of aromatic nitrogens is 1. The second-order valence-electron chi connectivity index (χ2n) is 4.38. The van der Waals surface area contributed by atoms with Crippen molar-refractivity contribution in [1.82, 2.24) is 15.2 Å². The molecule has 0 unspecified atom stereocenters. The van der Waals surface area contributed by atoms with Crippen LogP contribution < -0.4 is 5.32 Å². The van der Waals surface area contributed by atoms with Gasteiger partial charge in [0.2, 0.25) is 5.91 Å². The average molecular weight is 256 g/mol. The molecule has 1 aromatic heterocycles. The largest absolute Gasteiger partial charge is 0.353 e. The minimum atomic E-state index is 0.0302. The molecular weight excluding hydrogens is 238 g/mol. The summed E-state index contributed by atoms with van der Waals surface area (Å²) in [5, 5.41) is 3.33. The quantitative estimate of drug-likeness (QED) is 0.815. The SMILES string of the molecule is CC(C)NC(=O)CN(C)Cc1ccnc(Cl)c1. The van der Waals surface area contributed by atoms with Gasteiger partial charge in [-0.25, -0.2) is 4.98 Å². The smallest absolute Gasteiger partial charge is 0.234 e. The normalized spacial score (nSPS) is 10.9. The average Bonchev–Trinajstić information content (AvgIpc) is 2.14. The van der Waals surface area contributed by atoms with Crippen LogP contribution >= 0.6 is 11.6 Å². The third kappa shape index (κ3) is 5.65. The summed E-state index contributed by atoms with van der Waals surface area (Å²) in [4.78, 5) is 17.4. The lowest BCUT2D eigenvalue weighted by Crippen LogP contribution is -2.38. The standard InChI is InChI=1S/C12H18ClN3O/c1-9(2)15-12(17)8-16(3)7-10-4-5-14-11(13)6-10/h4-6,9H,7-8H2,1-3H3,(H,15,17). The van der Waals surface area contributed by atoms with Gasteiger partial charge < -0.3 is 5.32 Å². The molecule has 0 bridgehead atoms. The fraction of sp³-hybridized carbons (Fsp3) is 0.500. The third-order valence-electron chi connectivity index (χ3n) is 2.11. The molecule has 1 amide bonds. The highest BCUT2D eigenvalue weighted by molar-refractivity contribution is 6.29. The Morgan fingerprint density at radius 2 is 2.29 bits per heavy atom. The van der Waals surface area contributed by atoms with Crippen LogP contribution in [0, 0.1) is 0 Å². The topological polar surface area (TPSA) is 45.2 Å². The number of carbonyl (C=O) groups excluding carboxylic acids is 1. The molecule has 0 saturated carbocycles. The maximum Gasteiger partial charge on any atom is 0.234 e. The summed E-state index contributed by atoms with van der Waals surface area (Å²) in [6.45, 7) is 4.94. The zero-order chi connectivity index (χ0) is 12.8. The molecule has 0 saturated heterocycles. The summed E-state index contributed by atoms with van der Waals surface area (Å²) in [6.07, 6.45) is 1.67. The molecule has 0 aliphatic rings. The third-order valence-corrected chi connectivity index (χ3v) is 2.31. The Bertz CT molecular complexity index is 382. The number of likely N-dealkylation sites (N-methyl/N-ethyl adjacent to an activating group) is 1. The van der Waals surface area contributed by atoms with Crippen molar-refractivity contribution in [3.05, 3.63) is 29.0 Å². The zero-order valence-corrected chi connectivity index (χ0v) is 11.2. The number of hydrogen-bond donors (Lipinski definition) is 1. The van der Waals surface area contributed by atoms with Crippen LogP contribution in [0.3, 0.4) is 0 Å². The van der Waals surface area contributed by atoms with Crippen LogP contribution in [0.5, 0.6) is 0 Å². The predicted octanol–water partition coefficient (Wildman–Crippen LogP) is 1.69. The molecule has 4 nitrogen and oxygen atoms in total. The number of nitrogens with one attached hydrogen (secondary N) is 1. The van der Waals surface area contributed by atoms with Crippen molar-refractivity contribution in [2.75, 3.05) is 13.6 Å². The van der Waals surface area contributed by atoms with Crippen molar-refractivity contribution >= 4 is 17.5 Å². The minimum absolute atomic E-state index is 0.0302. The molecule has 0 fully saturated rings. The van der Waals surface area contributed by atoms with E-state index < -0.39 is 0 Å². The Balaban J connectivity index is 2.44. The van der Waals surface area contributed by atoms with Crippen LogP contribution in [0.1, 0.15) is 19.4 Å². The second kappa shape index (κ2) is 6.57. The zero-order valence-electron chi connectivity index (χ0n) is 10.4. The van der Waals surface area contributed by atoms with E-state index in [1.54, 1.807) is 12.3 Å². The molecule has 0 atom stereocenters. The Kier molecular flexibility index (Phi) is 5.38. The molecule has 0 spiro atoms. The molecule has 1 N–H and O–H groups in total. The lowest BCUT2D eigenvalue weighted by Gasteiger charge is -2.17. The van der Waals surface area contributed by atoms with E-state index in [0.29, 0.717) is 18.2 Å². The van der Waals surface area contributed by atoms with Gasteiger partial charge in [0.1, 0.15) is 5.15 Å². The first-order chi connectivity index (χ1) is 7.97. The Morgan fingerprint density at radius 1 is 1.59 bits per heavy atom. The van der Waals surface area contributed by atoms with Gasteiger partial charge in [0, 0.05) is 18.8 Å². The van der Waals surface area contributed by atoms with Crippen molar-refractivity contribution in [2.24, 2.45) is 0 Å². The van der Waals surface area contributed by atoms with Crippen LogP contribution in [0.15, 0.2) is 18.3 Å². The number of nitrogens with zero attached hydrogens (tertiary/aromatic N) is 2. The number of amides is 1. The summed E-state index contributed by atoms with van der Waals surface area (Å²) < 4.78 is 0. The molecular formula is C12H18ClN3O.